The largest absolute Gasteiger partial charge is 0.276 e. The molecule has 0 aliphatic rings. The van der Waals surface area contributed by atoms with Crippen LogP contribution in [0.2, 0.25) is 10.3 Å². The minimum Gasteiger partial charge on any atom is -0.276 e. The fourth-order valence-corrected chi connectivity index (χ4v) is 2.76. The summed E-state index contributed by atoms with van der Waals surface area (Å²) in [6.45, 7) is 0. The zero-order valence-electron chi connectivity index (χ0n) is 8.84. The van der Waals surface area contributed by atoms with E-state index in [1.54, 1.807) is 6.07 Å². The van der Waals surface area contributed by atoms with Gasteiger partial charge < -0.3 is 0 Å². The summed E-state index contributed by atoms with van der Waals surface area (Å²) in [6.07, 6.45) is 2.77. The Morgan fingerprint density at radius 2 is 1.89 bits per heavy atom. The molecule has 94 valence electrons. The first-order valence-electron chi connectivity index (χ1n) is 4.74. The number of hydrogen-bond acceptors (Lipinski definition) is 4. The van der Waals surface area contributed by atoms with Gasteiger partial charge in [-0.05, 0) is 24.3 Å². The lowest BCUT2D eigenvalue weighted by Gasteiger charge is -2.08. The van der Waals surface area contributed by atoms with Crippen molar-refractivity contribution in [3.63, 3.8) is 0 Å². The number of sulfonamides is 1. The summed E-state index contributed by atoms with van der Waals surface area (Å²) in [4.78, 5) is 7.49. The molecule has 0 atom stereocenters. The summed E-state index contributed by atoms with van der Waals surface area (Å²) in [5.74, 6) is 0. The molecule has 0 aromatic carbocycles. The molecule has 0 bridgehead atoms. The number of rotatable bonds is 3. The van der Waals surface area contributed by atoms with Gasteiger partial charge in [-0.3, -0.25) is 4.72 Å². The van der Waals surface area contributed by atoms with Gasteiger partial charge in [-0.1, -0.05) is 23.2 Å². The molecule has 2 heterocycles. The molecule has 0 saturated carbocycles. The number of anilines is 1. The van der Waals surface area contributed by atoms with Crippen molar-refractivity contribution in [2.75, 3.05) is 4.72 Å². The first-order chi connectivity index (χ1) is 8.49. The molecule has 0 radical (unpaired) electrons. The van der Waals surface area contributed by atoms with Crippen molar-refractivity contribution in [2.24, 2.45) is 0 Å². The van der Waals surface area contributed by atoms with Crippen LogP contribution < -0.4 is 4.72 Å². The molecule has 0 saturated heterocycles. The molecule has 0 aliphatic heterocycles. The van der Waals surface area contributed by atoms with Crippen molar-refractivity contribution in [2.45, 2.75) is 4.90 Å². The summed E-state index contributed by atoms with van der Waals surface area (Å²) in [5, 5.41) is 0.163. The molecule has 5 nitrogen and oxygen atoms in total. The van der Waals surface area contributed by atoms with Crippen LogP contribution in [0.1, 0.15) is 0 Å². The van der Waals surface area contributed by atoms with Gasteiger partial charge in [0.2, 0.25) is 0 Å². The van der Waals surface area contributed by atoms with Gasteiger partial charge >= 0.3 is 0 Å². The van der Waals surface area contributed by atoms with E-state index >= 15 is 0 Å². The monoisotopic (exact) mass is 303 g/mol. The van der Waals surface area contributed by atoms with Crippen LogP contribution in [-0.4, -0.2) is 18.4 Å². The number of aromatic nitrogens is 2. The van der Waals surface area contributed by atoms with E-state index < -0.39 is 10.0 Å². The Bertz CT molecular complexity index is 676. The first-order valence-corrected chi connectivity index (χ1v) is 6.98. The SMILES string of the molecule is O=S(=O)(Nc1cccnc1Cl)c1ccnc(Cl)c1. The second-order valence-corrected chi connectivity index (χ2v) is 5.69. The van der Waals surface area contributed by atoms with Crippen LogP contribution in [0.25, 0.3) is 0 Å². The fraction of sp³-hybridized carbons (Fsp3) is 0. The van der Waals surface area contributed by atoms with E-state index in [-0.39, 0.29) is 20.9 Å². The minimum absolute atomic E-state index is 0.00224. The van der Waals surface area contributed by atoms with Gasteiger partial charge in [-0.2, -0.15) is 0 Å². The molecule has 0 amide bonds. The number of nitrogens with zero attached hydrogens (tertiary/aromatic N) is 2. The molecule has 8 heteroatoms. The highest BCUT2D eigenvalue weighted by molar-refractivity contribution is 7.92. The maximum Gasteiger partial charge on any atom is 0.262 e. The van der Waals surface area contributed by atoms with Crippen molar-refractivity contribution in [1.82, 2.24) is 9.97 Å². The van der Waals surface area contributed by atoms with Crippen LogP contribution in [0.3, 0.4) is 0 Å². The predicted octanol–water partition coefficient (Wildman–Crippen LogP) is 2.58. The van der Waals surface area contributed by atoms with Crippen molar-refractivity contribution in [3.05, 3.63) is 47.0 Å². The van der Waals surface area contributed by atoms with Gasteiger partial charge in [0.05, 0.1) is 10.6 Å². The van der Waals surface area contributed by atoms with Gasteiger partial charge in [-0.25, -0.2) is 18.4 Å². The van der Waals surface area contributed by atoms with Crippen LogP contribution >= 0.6 is 23.2 Å². The van der Waals surface area contributed by atoms with E-state index in [0.717, 1.165) is 0 Å². The minimum atomic E-state index is -3.76. The molecule has 0 aliphatic carbocycles. The lowest BCUT2D eigenvalue weighted by Crippen LogP contribution is -2.13. The topological polar surface area (TPSA) is 72.0 Å². The van der Waals surface area contributed by atoms with Gasteiger partial charge in [0.1, 0.15) is 5.15 Å². The van der Waals surface area contributed by atoms with E-state index in [1.165, 1.54) is 30.6 Å². The zero-order valence-corrected chi connectivity index (χ0v) is 11.2. The Morgan fingerprint density at radius 1 is 1.11 bits per heavy atom. The number of nitrogens with one attached hydrogen (secondary N) is 1. The Labute approximate surface area is 114 Å². The third-order valence-electron chi connectivity index (χ3n) is 2.01. The highest BCUT2D eigenvalue weighted by Crippen LogP contribution is 2.22. The highest BCUT2D eigenvalue weighted by Gasteiger charge is 2.16. The average Bonchev–Trinajstić information content (AvgIpc) is 2.32. The molecule has 18 heavy (non-hydrogen) atoms. The van der Waals surface area contributed by atoms with Crippen LogP contribution in [0.4, 0.5) is 5.69 Å². The third kappa shape index (κ3) is 2.90. The molecule has 2 aromatic heterocycles. The van der Waals surface area contributed by atoms with Crippen molar-refractivity contribution in [1.29, 1.82) is 0 Å². The lowest BCUT2D eigenvalue weighted by molar-refractivity contribution is 0.601. The molecule has 0 spiro atoms. The quantitative estimate of drug-likeness (QED) is 0.885. The third-order valence-corrected chi connectivity index (χ3v) is 3.88. The van der Waals surface area contributed by atoms with Crippen LogP contribution in [0, 0.1) is 0 Å². The maximum absolute atomic E-state index is 12.0. The summed E-state index contributed by atoms with van der Waals surface area (Å²) in [5.41, 5.74) is 0.201. The summed E-state index contributed by atoms with van der Waals surface area (Å²) < 4.78 is 26.4. The first kappa shape index (κ1) is 13.1. The molecule has 2 aromatic rings. The van der Waals surface area contributed by atoms with Gasteiger partial charge in [-0.15, -0.1) is 0 Å². The van der Waals surface area contributed by atoms with Crippen molar-refractivity contribution >= 4 is 38.9 Å². The van der Waals surface area contributed by atoms with Crippen molar-refractivity contribution in [3.8, 4) is 0 Å². The number of pyridine rings is 2. The highest BCUT2D eigenvalue weighted by atomic mass is 35.5. The molecule has 0 unspecified atom stereocenters. The summed E-state index contributed by atoms with van der Waals surface area (Å²) in [7, 11) is -3.76. The van der Waals surface area contributed by atoms with E-state index in [2.05, 4.69) is 14.7 Å². The molecular weight excluding hydrogens is 297 g/mol. The Hall–Kier alpha value is -1.37. The van der Waals surface area contributed by atoms with Gasteiger partial charge in [0.15, 0.2) is 5.15 Å². The second-order valence-electron chi connectivity index (χ2n) is 3.26. The molecule has 0 fully saturated rings. The van der Waals surface area contributed by atoms with E-state index in [0.29, 0.717) is 0 Å². The number of hydrogen-bond donors (Lipinski definition) is 1. The van der Waals surface area contributed by atoms with Crippen LogP contribution in [0.15, 0.2) is 41.6 Å². The molecule has 1 N–H and O–H groups in total. The Kier molecular flexibility index (Phi) is 3.70. The maximum atomic E-state index is 12.0. The predicted molar refractivity (Wildman–Crippen MR) is 69.3 cm³/mol. The summed E-state index contributed by atoms with van der Waals surface area (Å²) >= 11 is 11.4. The Balaban J connectivity index is 2.37. The van der Waals surface area contributed by atoms with Gasteiger partial charge in [0, 0.05) is 12.4 Å². The van der Waals surface area contributed by atoms with Crippen LogP contribution in [0.5, 0.6) is 0 Å². The molecular formula is C10H7Cl2N3O2S. The van der Waals surface area contributed by atoms with Crippen LogP contribution in [-0.2, 0) is 10.0 Å². The smallest absolute Gasteiger partial charge is 0.262 e. The van der Waals surface area contributed by atoms with E-state index in [4.69, 9.17) is 23.2 Å². The number of halogens is 2. The normalized spacial score (nSPS) is 11.2. The fourth-order valence-electron chi connectivity index (χ4n) is 1.22. The second kappa shape index (κ2) is 5.09. The lowest BCUT2D eigenvalue weighted by atomic mass is 10.4. The van der Waals surface area contributed by atoms with Gasteiger partial charge in [0.25, 0.3) is 10.0 Å². The Morgan fingerprint density at radius 3 is 2.56 bits per heavy atom. The average molecular weight is 304 g/mol. The zero-order chi connectivity index (χ0) is 13.2. The summed E-state index contributed by atoms with van der Waals surface area (Å²) in [6, 6.07) is 5.66. The molecule has 2 rings (SSSR count). The van der Waals surface area contributed by atoms with E-state index in [1.807, 2.05) is 0 Å². The standard InChI is InChI=1S/C10H7Cl2N3O2S/c11-9-6-7(3-5-13-9)18(16,17)15-8-2-1-4-14-10(8)12/h1-6,15H. The van der Waals surface area contributed by atoms with E-state index in [9.17, 15) is 8.42 Å². The van der Waals surface area contributed by atoms with Crippen molar-refractivity contribution < 1.29 is 8.42 Å².